The van der Waals surface area contributed by atoms with Crippen LogP contribution in [0.3, 0.4) is 0 Å². The normalized spacial score (nSPS) is 19.6. The molecule has 0 N–H and O–H groups in total. The molecule has 1 aliphatic rings. The molecule has 1 saturated heterocycles. The van der Waals surface area contributed by atoms with Gasteiger partial charge in [-0.1, -0.05) is 12.1 Å². The van der Waals surface area contributed by atoms with Crippen LogP contribution in [0.15, 0.2) is 24.3 Å². The van der Waals surface area contributed by atoms with Crippen molar-refractivity contribution in [2.45, 2.75) is 25.8 Å². The average Bonchev–Trinajstić information content (AvgIpc) is 2.48. The summed E-state index contributed by atoms with van der Waals surface area (Å²) < 4.78 is 9.93. The van der Waals surface area contributed by atoms with Crippen LogP contribution in [0.5, 0.6) is 5.75 Å². The Morgan fingerprint density at radius 1 is 1.30 bits per heavy atom. The number of carbonyl (C=O) groups excluding carboxylic acids is 1. The van der Waals surface area contributed by atoms with Gasteiger partial charge in [-0.05, 0) is 43.0 Å². The Morgan fingerprint density at radius 2 is 2.05 bits per heavy atom. The molecule has 1 unspecified atom stereocenters. The summed E-state index contributed by atoms with van der Waals surface area (Å²) in [5.74, 6) is 1.21. The van der Waals surface area contributed by atoms with Crippen molar-refractivity contribution in [2.24, 2.45) is 5.92 Å². The number of esters is 1. The minimum absolute atomic E-state index is 0.0960. The molecule has 1 heterocycles. The number of nitrogens with zero attached hydrogens (tertiary/aromatic N) is 1. The van der Waals surface area contributed by atoms with E-state index in [-0.39, 0.29) is 5.97 Å². The van der Waals surface area contributed by atoms with Crippen molar-refractivity contribution in [1.82, 2.24) is 4.90 Å². The zero-order valence-corrected chi connectivity index (χ0v) is 12.3. The molecule has 1 atom stereocenters. The smallest absolute Gasteiger partial charge is 0.305 e. The maximum absolute atomic E-state index is 11.4. The van der Waals surface area contributed by atoms with E-state index in [1.165, 1.54) is 12.7 Å². The minimum Gasteiger partial charge on any atom is -0.497 e. The number of carbonyl (C=O) groups is 1. The lowest BCUT2D eigenvalue weighted by Gasteiger charge is -2.32. The highest BCUT2D eigenvalue weighted by Crippen LogP contribution is 2.22. The molecule has 2 rings (SSSR count). The van der Waals surface area contributed by atoms with Crippen molar-refractivity contribution in [3.8, 4) is 5.75 Å². The second-order valence-corrected chi connectivity index (χ2v) is 5.37. The van der Waals surface area contributed by atoms with Crippen molar-refractivity contribution < 1.29 is 14.3 Å². The van der Waals surface area contributed by atoms with Crippen LogP contribution in [0.2, 0.25) is 0 Å². The highest BCUT2D eigenvalue weighted by atomic mass is 16.5. The molecule has 0 spiro atoms. The van der Waals surface area contributed by atoms with Gasteiger partial charge < -0.3 is 9.47 Å². The number of hydrogen-bond acceptors (Lipinski definition) is 4. The zero-order chi connectivity index (χ0) is 14.4. The van der Waals surface area contributed by atoms with Crippen LogP contribution < -0.4 is 4.74 Å². The van der Waals surface area contributed by atoms with E-state index < -0.39 is 0 Å². The average molecular weight is 277 g/mol. The van der Waals surface area contributed by atoms with Gasteiger partial charge in [0.2, 0.25) is 0 Å². The van der Waals surface area contributed by atoms with E-state index in [0.29, 0.717) is 12.3 Å². The summed E-state index contributed by atoms with van der Waals surface area (Å²) in [4.78, 5) is 13.8. The predicted octanol–water partition coefficient (Wildman–Crippen LogP) is 2.47. The van der Waals surface area contributed by atoms with Crippen LogP contribution in [0.4, 0.5) is 0 Å². The van der Waals surface area contributed by atoms with E-state index in [0.717, 1.165) is 38.2 Å². The van der Waals surface area contributed by atoms with Crippen molar-refractivity contribution in [2.75, 3.05) is 27.3 Å². The van der Waals surface area contributed by atoms with Crippen molar-refractivity contribution in [1.29, 1.82) is 0 Å². The van der Waals surface area contributed by atoms with E-state index in [9.17, 15) is 4.79 Å². The van der Waals surface area contributed by atoms with Crippen LogP contribution >= 0.6 is 0 Å². The number of methoxy groups -OCH3 is 2. The van der Waals surface area contributed by atoms with Gasteiger partial charge in [-0.3, -0.25) is 9.69 Å². The fourth-order valence-corrected chi connectivity index (χ4v) is 2.77. The lowest BCUT2D eigenvalue weighted by atomic mass is 9.94. The van der Waals surface area contributed by atoms with Gasteiger partial charge in [0, 0.05) is 19.5 Å². The van der Waals surface area contributed by atoms with Crippen LogP contribution in [0.1, 0.15) is 24.8 Å². The summed E-state index contributed by atoms with van der Waals surface area (Å²) in [5, 5.41) is 0. The number of benzene rings is 1. The Bertz CT molecular complexity index is 430. The summed E-state index contributed by atoms with van der Waals surface area (Å²) in [6.45, 7) is 3.01. The molecule has 0 aliphatic carbocycles. The molecule has 0 amide bonds. The van der Waals surface area contributed by atoms with Crippen LogP contribution in [-0.2, 0) is 16.1 Å². The highest BCUT2D eigenvalue weighted by Gasteiger charge is 2.22. The van der Waals surface area contributed by atoms with Gasteiger partial charge in [-0.2, -0.15) is 0 Å². The first kappa shape index (κ1) is 14.9. The Kier molecular flexibility index (Phi) is 5.41. The van der Waals surface area contributed by atoms with Crippen LogP contribution in [-0.4, -0.2) is 38.2 Å². The van der Waals surface area contributed by atoms with Crippen LogP contribution in [0, 0.1) is 5.92 Å². The molecule has 1 aromatic rings. The molecule has 4 nitrogen and oxygen atoms in total. The van der Waals surface area contributed by atoms with E-state index in [4.69, 9.17) is 9.47 Å². The maximum atomic E-state index is 11.4. The van der Waals surface area contributed by atoms with Crippen molar-refractivity contribution in [3.63, 3.8) is 0 Å². The molecule has 0 saturated carbocycles. The second kappa shape index (κ2) is 7.29. The fourth-order valence-electron chi connectivity index (χ4n) is 2.77. The summed E-state index contributed by atoms with van der Waals surface area (Å²) in [6, 6.07) is 8.18. The maximum Gasteiger partial charge on any atom is 0.305 e. The summed E-state index contributed by atoms with van der Waals surface area (Å²) >= 11 is 0. The highest BCUT2D eigenvalue weighted by molar-refractivity contribution is 5.69. The predicted molar refractivity (Wildman–Crippen MR) is 77.6 cm³/mol. The van der Waals surface area contributed by atoms with Crippen LogP contribution in [0.25, 0.3) is 0 Å². The molecular formula is C16H23NO3. The molecule has 1 aromatic carbocycles. The molecule has 1 aliphatic heterocycles. The molecule has 0 bridgehead atoms. The third kappa shape index (κ3) is 4.23. The van der Waals surface area contributed by atoms with E-state index in [1.807, 2.05) is 12.1 Å². The van der Waals surface area contributed by atoms with Crippen molar-refractivity contribution in [3.05, 3.63) is 29.8 Å². The summed E-state index contributed by atoms with van der Waals surface area (Å²) in [6.07, 6.45) is 2.81. The first-order valence-corrected chi connectivity index (χ1v) is 7.13. The van der Waals surface area contributed by atoms with Gasteiger partial charge in [-0.25, -0.2) is 0 Å². The molecule has 1 fully saturated rings. The molecule has 20 heavy (non-hydrogen) atoms. The van der Waals surface area contributed by atoms with E-state index in [1.54, 1.807) is 7.11 Å². The molecule has 0 aromatic heterocycles. The van der Waals surface area contributed by atoms with Gasteiger partial charge in [0.1, 0.15) is 5.75 Å². The summed E-state index contributed by atoms with van der Waals surface area (Å²) in [7, 11) is 3.14. The van der Waals surface area contributed by atoms with Gasteiger partial charge in [0.25, 0.3) is 0 Å². The lowest BCUT2D eigenvalue weighted by molar-refractivity contribution is -0.142. The van der Waals surface area contributed by atoms with Gasteiger partial charge in [-0.15, -0.1) is 0 Å². The number of ether oxygens (including phenoxy) is 2. The Morgan fingerprint density at radius 3 is 2.70 bits per heavy atom. The Hall–Kier alpha value is -1.55. The third-order valence-corrected chi connectivity index (χ3v) is 3.85. The Labute approximate surface area is 120 Å². The number of piperidine rings is 1. The van der Waals surface area contributed by atoms with Gasteiger partial charge >= 0.3 is 5.97 Å². The monoisotopic (exact) mass is 277 g/mol. The molecule has 110 valence electrons. The van der Waals surface area contributed by atoms with Crippen molar-refractivity contribution >= 4 is 5.97 Å². The first-order valence-electron chi connectivity index (χ1n) is 7.13. The quantitative estimate of drug-likeness (QED) is 0.775. The lowest BCUT2D eigenvalue weighted by Crippen LogP contribution is -2.35. The fraction of sp³-hybridized carbons (Fsp3) is 0.562. The zero-order valence-electron chi connectivity index (χ0n) is 12.3. The SMILES string of the molecule is COC(=O)CC1CCCN(Cc2ccc(OC)cc2)C1. The number of rotatable bonds is 5. The molecular weight excluding hydrogens is 254 g/mol. The van der Waals surface area contributed by atoms with Gasteiger partial charge in [0.05, 0.1) is 14.2 Å². The number of hydrogen-bond donors (Lipinski definition) is 0. The Balaban J connectivity index is 1.87. The van der Waals surface area contributed by atoms with E-state index >= 15 is 0 Å². The largest absolute Gasteiger partial charge is 0.497 e. The minimum atomic E-state index is -0.0960. The van der Waals surface area contributed by atoms with E-state index in [2.05, 4.69) is 17.0 Å². The topological polar surface area (TPSA) is 38.8 Å². The second-order valence-electron chi connectivity index (χ2n) is 5.37. The number of likely N-dealkylation sites (tertiary alicyclic amines) is 1. The molecule has 4 heteroatoms. The molecule has 0 radical (unpaired) electrons. The van der Waals surface area contributed by atoms with Gasteiger partial charge in [0.15, 0.2) is 0 Å². The first-order chi connectivity index (χ1) is 9.71. The standard InChI is InChI=1S/C16H23NO3/c1-19-15-7-5-13(6-8-15)11-17-9-3-4-14(12-17)10-16(18)20-2/h5-8,14H,3-4,9-12H2,1-2H3. The third-order valence-electron chi connectivity index (χ3n) is 3.85. The summed E-state index contributed by atoms with van der Waals surface area (Å²) in [5.41, 5.74) is 1.28.